The average molecular weight is 445 g/mol. The Labute approximate surface area is 193 Å². The van der Waals surface area contributed by atoms with Gasteiger partial charge >= 0.3 is 0 Å². The molecule has 0 spiro atoms. The average Bonchev–Trinajstić information content (AvgIpc) is 3.01. The number of alkyl halides is 1. The van der Waals surface area contributed by atoms with Crippen molar-refractivity contribution in [1.82, 2.24) is 4.90 Å². The van der Waals surface area contributed by atoms with Gasteiger partial charge < -0.3 is 4.84 Å². The number of carbonyl (C=O) groups excluding carboxylic acids is 1. The summed E-state index contributed by atoms with van der Waals surface area (Å²) in [6.07, 6.45) is 8.87. The minimum Gasteiger partial charge on any atom is -0.394 e. The molecule has 5 fully saturated rings. The molecule has 178 valence electrons. The maximum atomic E-state index is 15.1. The number of hydrogen-bond donors (Lipinski definition) is 0. The fourth-order valence-electron chi connectivity index (χ4n) is 8.41. The molecule has 0 aromatic heterocycles. The number of hydrogen-bond acceptors (Lipinski definition) is 4. The van der Waals surface area contributed by atoms with Crippen molar-refractivity contribution in [2.24, 2.45) is 39.7 Å². The van der Waals surface area contributed by atoms with Gasteiger partial charge in [0.2, 0.25) is 0 Å². The van der Waals surface area contributed by atoms with Crippen molar-refractivity contribution in [3.05, 3.63) is 12.2 Å². The first kappa shape index (κ1) is 22.6. The maximum Gasteiger partial charge on any atom is 0.142 e. The minimum atomic E-state index is -0.970. The highest BCUT2D eigenvalue weighted by Gasteiger charge is 2.63. The molecule has 0 N–H and O–H groups in total. The number of ketones is 1. The zero-order valence-electron chi connectivity index (χ0n) is 20.1. The summed E-state index contributed by atoms with van der Waals surface area (Å²) in [5.41, 5.74) is 2.11. The highest BCUT2D eigenvalue weighted by atomic mass is 19.1. The van der Waals surface area contributed by atoms with Gasteiger partial charge in [-0.1, -0.05) is 37.6 Å². The van der Waals surface area contributed by atoms with Gasteiger partial charge in [-0.15, -0.1) is 0 Å². The van der Waals surface area contributed by atoms with Crippen molar-refractivity contribution in [3.8, 4) is 0 Å². The molecule has 0 bridgehead atoms. The Morgan fingerprint density at radius 3 is 2.72 bits per heavy atom. The van der Waals surface area contributed by atoms with Gasteiger partial charge in [-0.25, -0.2) is 4.39 Å². The first-order valence-corrected chi connectivity index (χ1v) is 13.1. The molecule has 1 heterocycles. The molecule has 1 aliphatic heterocycles. The molecule has 0 aromatic carbocycles. The number of Topliss-reactive ketones (excluding diaryl/α,β-unsaturated/α-hetero) is 1. The summed E-state index contributed by atoms with van der Waals surface area (Å²) in [6.45, 7) is 13.0. The van der Waals surface area contributed by atoms with Gasteiger partial charge in [0, 0.05) is 24.3 Å². The Bertz CT molecular complexity index is 791. The second-order valence-corrected chi connectivity index (χ2v) is 11.9. The van der Waals surface area contributed by atoms with Crippen molar-refractivity contribution in [1.29, 1.82) is 0 Å². The lowest BCUT2D eigenvalue weighted by molar-refractivity contribution is -0.135. The largest absolute Gasteiger partial charge is 0.394 e. The third-order valence-electron chi connectivity index (χ3n) is 10.3. The molecule has 0 radical (unpaired) electrons. The maximum absolute atomic E-state index is 15.1. The smallest absolute Gasteiger partial charge is 0.142 e. The van der Waals surface area contributed by atoms with E-state index in [2.05, 4.69) is 23.6 Å². The molecule has 5 aliphatic rings. The molecule has 0 amide bonds. The monoisotopic (exact) mass is 444 g/mol. The molecular weight excluding hydrogens is 403 g/mol. The summed E-state index contributed by atoms with van der Waals surface area (Å²) in [4.78, 5) is 20.9. The Morgan fingerprint density at radius 2 is 1.94 bits per heavy atom. The van der Waals surface area contributed by atoms with E-state index in [-0.39, 0.29) is 29.5 Å². The zero-order chi connectivity index (χ0) is 22.5. The molecule has 4 saturated carbocycles. The van der Waals surface area contributed by atoms with Gasteiger partial charge in [-0.2, -0.15) is 0 Å². The van der Waals surface area contributed by atoms with Gasteiger partial charge in [-0.3, -0.25) is 9.69 Å². The first-order chi connectivity index (χ1) is 15.3. The predicted molar refractivity (Wildman–Crippen MR) is 125 cm³/mol. The van der Waals surface area contributed by atoms with E-state index in [1.54, 1.807) is 0 Å². The number of rotatable bonds is 4. The first-order valence-electron chi connectivity index (χ1n) is 13.1. The second-order valence-electron chi connectivity index (χ2n) is 11.9. The van der Waals surface area contributed by atoms with Gasteiger partial charge in [0.05, 0.1) is 5.71 Å². The molecule has 0 aromatic rings. The van der Waals surface area contributed by atoms with Crippen LogP contribution in [0.5, 0.6) is 0 Å². The van der Waals surface area contributed by atoms with Crippen molar-refractivity contribution in [2.75, 3.05) is 26.2 Å². The number of nitrogens with zero attached hydrogens (tertiary/aromatic N) is 2. The summed E-state index contributed by atoms with van der Waals surface area (Å²) in [5, 5.41) is 4.56. The second kappa shape index (κ2) is 8.52. The minimum absolute atomic E-state index is 0.114. The molecule has 5 heteroatoms. The van der Waals surface area contributed by atoms with Gasteiger partial charge in [0.25, 0.3) is 0 Å². The van der Waals surface area contributed by atoms with Crippen LogP contribution in [0.4, 0.5) is 4.39 Å². The van der Waals surface area contributed by atoms with E-state index >= 15 is 4.39 Å². The van der Waals surface area contributed by atoms with Crippen molar-refractivity contribution in [2.45, 2.75) is 84.2 Å². The summed E-state index contributed by atoms with van der Waals surface area (Å²) in [5.74, 6) is 1.20. The SMILES string of the molecule is C=C1CC2C(CC[C@]3(C)C(=O)CC(F)C23)[C@@]2(C)CCC(=NOCCN3CCCCC3)CC12. The van der Waals surface area contributed by atoms with Crippen LogP contribution in [0.1, 0.15) is 78.1 Å². The third-order valence-corrected chi connectivity index (χ3v) is 10.3. The fourth-order valence-corrected chi connectivity index (χ4v) is 8.41. The van der Waals surface area contributed by atoms with E-state index in [0.717, 1.165) is 45.1 Å². The van der Waals surface area contributed by atoms with Crippen LogP contribution in [0.15, 0.2) is 17.3 Å². The van der Waals surface area contributed by atoms with Crippen LogP contribution in [0.2, 0.25) is 0 Å². The van der Waals surface area contributed by atoms with Crippen molar-refractivity contribution < 1.29 is 14.0 Å². The summed E-state index contributed by atoms with van der Waals surface area (Å²) < 4.78 is 15.1. The number of fused-ring (bicyclic) bond motifs is 5. The van der Waals surface area contributed by atoms with Gasteiger partial charge in [0.1, 0.15) is 18.6 Å². The fraction of sp³-hybridized carbons (Fsp3) is 0.852. The lowest BCUT2D eigenvalue weighted by Crippen LogP contribution is -2.55. The molecule has 4 nitrogen and oxygen atoms in total. The molecule has 7 atom stereocenters. The Kier molecular flexibility index (Phi) is 6.01. The Balaban J connectivity index is 1.24. The molecule has 4 aliphatic carbocycles. The molecule has 1 saturated heterocycles. The van der Waals surface area contributed by atoms with Crippen molar-refractivity contribution in [3.63, 3.8) is 0 Å². The summed E-state index contributed by atoms with van der Waals surface area (Å²) in [6, 6.07) is 0. The highest BCUT2D eigenvalue weighted by molar-refractivity contribution is 5.88. The number of allylic oxidation sites excluding steroid dienone is 1. The van der Waals surface area contributed by atoms with Gasteiger partial charge in [0.15, 0.2) is 0 Å². The molecule has 5 rings (SSSR count). The number of likely N-dealkylation sites (tertiary alicyclic amines) is 1. The van der Waals surface area contributed by atoms with E-state index in [1.165, 1.54) is 43.6 Å². The summed E-state index contributed by atoms with van der Waals surface area (Å²) >= 11 is 0. The number of piperidine rings is 1. The normalized spacial score (nSPS) is 46.0. The number of carbonyl (C=O) groups is 1. The van der Waals surface area contributed by atoms with E-state index in [1.807, 2.05) is 6.92 Å². The molecular formula is C27H41FN2O2. The van der Waals surface area contributed by atoms with Crippen LogP contribution in [0.25, 0.3) is 0 Å². The van der Waals surface area contributed by atoms with Crippen LogP contribution >= 0.6 is 0 Å². The highest BCUT2D eigenvalue weighted by Crippen LogP contribution is 2.66. The van der Waals surface area contributed by atoms with Crippen molar-refractivity contribution >= 4 is 11.5 Å². The van der Waals surface area contributed by atoms with E-state index in [4.69, 9.17) is 4.84 Å². The zero-order valence-corrected chi connectivity index (χ0v) is 20.1. The lowest BCUT2D eigenvalue weighted by atomic mass is 9.44. The standard InChI is InChI=1S/C27H41FN2O2/c1-18-15-20-21(8-10-27(3)24(31)17-23(28)25(20)27)26(2)9-7-19(16-22(18)26)29-32-14-13-30-11-5-4-6-12-30/h20-23,25H,1,4-17H2,2-3H3/t20?,21?,22?,23?,25?,26-,27-/m1/s1. The van der Waals surface area contributed by atoms with E-state index < -0.39 is 11.6 Å². The van der Waals surface area contributed by atoms with E-state index in [9.17, 15) is 4.79 Å². The third kappa shape index (κ3) is 3.67. The topological polar surface area (TPSA) is 41.9 Å². The number of oxime groups is 1. The van der Waals surface area contributed by atoms with Crippen LogP contribution < -0.4 is 0 Å². The van der Waals surface area contributed by atoms with Gasteiger partial charge in [-0.05, 0) is 87.6 Å². The molecule has 32 heavy (non-hydrogen) atoms. The number of halogens is 1. The summed E-state index contributed by atoms with van der Waals surface area (Å²) in [7, 11) is 0. The van der Waals surface area contributed by atoms with Crippen LogP contribution in [0.3, 0.4) is 0 Å². The van der Waals surface area contributed by atoms with Crippen LogP contribution in [-0.2, 0) is 9.63 Å². The van der Waals surface area contributed by atoms with E-state index in [0.29, 0.717) is 18.4 Å². The predicted octanol–water partition coefficient (Wildman–Crippen LogP) is 5.57. The lowest BCUT2D eigenvalue weighted by Gasteiger charge is -2.60. The molecule has 5 unspecified atom stereocenters. The van der Waals surface area contributed by atoms with Crippen LogP contribution in [0, 0.1) is 34.5 Å². The Morgan fingerprint density at radius 1 is 1.16 bits per heavy atom. The Hall–Kier alpha value is -1.23. The quantitative estimate of drug-likeness (QED) is 0.323. The van der Waals surface area contributed by atoms with Crippen LogP contribution in [-0.4, -0.2) is 48.8 Å².